The number of ether oxygens (including phenoxy) is 2. The molecule has 1 heterocycles. The predicted molar refractivity (Wildman–Crippen MR) is 96.1 cm³/mol. The molecule has 0 aliphatic carbocycles. The fourth-order valence-electron chi connectivity index (χ4n) is 2.83. The van der Waals surface area contributed by atoms with Crippen molar-refractivity contribution in [3.63, 3.8) is 0 Å². The van der Waals surface area contributed by atoms with Crippen LogP contribution >= 0.6 is 0 Å². The first-order chi connectivity index (χ1) is 12.3. The minimum atomic E-state index is -1.16. The van der Waals surface area contributed by atoms with Crippen LogP contribution in [-0.4, -0.2) is 46.6 Å². The van der Waals surface area contributed by atoms with E-state index >= 15 is 0 Å². The third kappa shape index (κ3) is 5.91. The molecule has 1 aliphatic heterocycles. The molecule has 8 heteroatoms. The molecule has 1 saturated heterocycles. The van der Waals surface area contributed by atoms with Crippen molar-refractivity contribution in [2.24, 2.45) is 5.11 Å². The van der Waals surface area contributed by atoms with E-state index < -0.39 is 24.0 Å². The van der Waals surface area contributed by atoms with Crippen molar-refractivity contribution < 1.29 is 19.4 Å². The average Bonchev–Trinajstić information content (AvgIpc) is 2.59. The lowest BCUT2D eigenvalue weighted by Gasteiger charge is -2.40. The van der Waals surface area contributed by atoms with Gasteiger partial charge in [0.15, 0.2) is 6.29 Å². The van der Waals surface area contributed by atoms with E-state index in [0.29, 0.717) is 12.8 Å². The van der Waals surface area contributed by atoms with Gasteiger partial charge in [-0.3, -0.25) is 4.90 Å². The van der Waals surface area contributed by atoms with Crippen molar-refractivity contribution in [2.75, 3.05) is 6.54 Å². The number of nitrogens with zero attached hydrogens (tertiary/aromatic N) is 4. The first-order valence-corrected chi connectivity index (χ1v) is 8.67. The fourth-order valence-corrected chi connectivity index (χ4v) is 2.83. The Kier molecular flexibility index (Phi) is 6.85. The highest BCUT2D eigenvalue weighted by atomic mass is 16.6. The number of aliphatic hydroxyl groups excluding tert-OH is 1. The number of azide groups is 1. The Morgan fingerprint density at radius 2 is 2.08 bits per heavy atom. The number of benzene rings is 1. The highest BCUT2D eigenvalue weighted by Crippen LogP contribution is 2.25. The van der Waals surface area contributed by atoms with E-state index in [9.17, 15) is 9.90 Å². The molecule has 8 nitrogen and oxygen atoms in total. The summed E-state index contributed by atoms with van der Waals surface area (Å²) in [5, 5.41) is 14.2. The molecular formula is C18H26N4O4. The van der Waals surface area contributed by atoms with Gasteiger partial charge in [0.25, 0.3) is 0 Å². The maximum Gasteiger partial charge on any atom is 0.410 e. The molecular weight excluding hydrogens is 336 g/mol. The Morgan fingerprint density at radius 3 is 2.69 bits per heavy atom. The number of hydrogen-bond acceptors (Lipinski definition) is 5. The Hall–Kier alpha value is -2.28. The van der Waals surface area contributed by atoms with Crippen LogP contribution in [0.1, 0.15) is 39.2 Å². The third-order valence-corrected chi connectivity index (χ3v) is 4.04. The molecule has 2 rings (SSSR count). The van der Waals surface area contributed by atoms with Gasteiger partial charge in [0, 0.05) is 11.5 Å². The summed E-state index contributed by atoms with van der Waals surface area (Å²) in [6.45, 7) is 5.75. The Morgan fingerprint density at radius 1 is 1.38 bits per heavy atom. The topological polar surface area (TPSA) is 108 Å². The van der Waals surface area contributed by atoms with Crippen molar-refractivity contribution in [3.8, 4) is 0 Å². The molecule has 142 valence electrons. The summed E-state index contributed by atoms with van der Waals surface area (Å²) in [6, 6.07) is 8.59. The second kappa shape index (κ2) is 8.89. The Bertz CT molecular complexity index is 640. The number of aliphatic hydroxyl groups is 1. The van der Waals surface area contributed by atoms with Crippen molar-refractivity contribution in [1.29, 1.82) is 0 Å². The fraction of sp³-hybridized carbons (Fsp3) is 0.611. The van der Waals surface area contributed by atoms with Crippen LogP contribution in [0.5, 0.6) is 0 Å². The SMILES string of the molecule is CC(C)(C)OC(=O)N1CC(N=[N+]=[N-])CCC1C(O)OCc1ccccc1. The first-order valence-electron chi connectivity index (χ1n) is 8.67. The molecule has 1 aliphatic rings. The van der Waals surface area contributed by atoms with E-state index in [1.54, 1.807) is 20.8 Å². The lowest BCUT2D eigenvalue weighted by Crippen LogP contribution is -2.54. The second-order valence-corrected chi connectivity index (χ2v) is 7.32. The number of piperidine rings is 1. The third-order valence-electron chi connectivity index (χ3n) is 4.04. The zero-order valence-electron chi connectivity index (χ0n) is 15.4. The van der Waals surface area contributed by atoms with Crippen molar-refractivity contribution in [2.45, 2.75) is 64.2 Å². The zero-order valence-corrected chi connectivity index (χ0v) is 15.4. The van der Waals surface area contributed by atoms with E-state index in [2.05, 4.69) is 10.0 Å². The molecule has 26 heavy (non-hydrogen) atoms. The van der Waals surface area contributed by atoms with Crippen LogP contribution in [0.3, 0.4) is 0 Å². The van der Waals surface area contributed by atoms with Gasteiger partial charge in [-0.15, -0.1) is 0 Å². The summed E-state index contributed by atoms with van der Waals surface area (Å²) in [5.41, 5.74) is 8.93. The number of carbonyl (C=O) groups is 1. The monoisotopic (exact) mass is 362 g/mol. The normalized spacial score (nSPS) is 21.6. The molecule has 0 saturated carbocycles. The van der Waals surface area contributed by atoms with Gasteiger partial charge >= 0.3 is 6.09 Å². The van der Waals surface area contributed by atoms with E-state index in [-0.39, 0.29) is 19.2 Å². The smallest absolute Gasteiger partial charge is 0.410 e. The van der Waals surface area contributed by atoms with Crippen LogP contribution in [0.2, 0.25) is 0 Å². The Balaban J connectivity index is 2.06. The lowest BCUT2D eigenvalue weighted by atomic mass is 9.98. The molecule has 1 aromatic rings. The molecule has 0 bridgehead atoms. The number of carbonyl (C=O) groups excluding carboxylic acids is 1. The molecule has 0 aromatic heterocycles. The molecule has 1 aromatic carbocycles. The summed E-state index contributed by atoms with van der Waals surface area (Å²) >= 11 is 0. The summed E-state index contributed by atoms with van der Waals surface area (Å²) in [4.78, 5) is 16.8. The summed E-state index contributed by atoms with van der Waals surface area (Å²) in [6.07, 6.45) is -0.684. The Labute approximate surface area is 153 Å². The molecule has 1 fully saturated rings. The second-order valence-electron chi connectivity index (χ2n) is 7.32. The number of hydrogen-bond donors (Lipinski definition) is 1. The van der Waals surface area contributed by atoms with Gasteiger partial charge in [-0.2, -0.15) is 0 Å². The minimum absolute atomic E-state index is 0.190. The molecule has 0 spiro atoms. The first kappa shape index (κ1) is 20.0. The number of rotatable bonds is 5. The van der Waals surface area contributed by atoms with E-state index in [4.69, 9.17) is 15.0 Å². The van der Waals surface area contributed by atoms with Crippen molar-refractivity contribution in [3.05, 3.63) is 46.3 Å². The van der Waals surface area contributed by atoms with Crippen LogP contribution < -0.4 is 0 Å². The number of amides is 1. The van der Waals surface area contributed by atoms with Gasteiger partial charge in [-0.25, -0.2) is 4.79 Å². The van der Waals surface area contributed by atoms with Crippen LogP contribution in [0.15, 0.2) is 35.4 Å². The lowest BCUT2D eigenvalue weighted by molar-refractivity contribution is -0.156. The largest absolute Gasteiger partial charge is 0.444 e. The van der Waals surface area contributed by atoms with Crippen LogP contribution in [0.25, 0.3) is 10.4 Å². The van der Waals surface area contributed by atoms with Gasteiger partial charge < -0.3 is 14.6 Å². The maximum absolute atomic E-state index is 12.6. The molecule has 0 radical (unpaired) electrons. The van der Waals surface area contributed by atoms with E-state index in [1.165, 1.54) is 4.90 Å². The molecule has 3 unspecified atom stereocenters. The summed E-state index contributed by atoms with van der Waals surface area (Å²) in [5.74, 6) is 0. The number of likely N-dealkylation sites (tertiary alicyclic amines) is 1. The standard InChI is InChI=1S/C18H26N4O4/c1-18(2,3)26-17(24)22-11-14(20-21-19)9-10-15(22)16(23)25-12-13-7-5-4-6-8-13/h4-8,14-16,23H,9-12H2,1-3H3. The maximum atomic E-state index is 12.6. The van der Waals surface area contributed by atoms with Crippen molar-refractivity contribution >= 4 is 6.09 Å². The summed E-state index contributed by atoms with van der Waals surface area (Å²) in [7, 11) is 0. The van der Waals surface area contributed by atoms with Crippen molar-refractivity contribution in [1.82, 2.24) is 4.90 Å². The van der Waals surface area contributed by atoms with Crippen LogP contribution in [0, 0.1) is 0 Å². The van der Waals surface area contributed by atoms with Crippen LogP contribution in [-0.2, 0) is 16.1 Å². The molecule has 1 N–H and O–H groups in total. The van der Waals surface area contributed by atoms with Gasteiger partial charge in [0.05, 0.1) is 18.7 Å². The highest BCUT2D eigenvalue weighted by Gasteiger charge is 2.38. The molecule has 3 atom stereocenters. The molecule has 1 amide bonds. The van der Waals surface area contributed by atoms with Gasteiger partial charge in [0.1, 0.15) is 5.60 Å². The zero-order chi connectivity index (χ0) is 19.2. The van der Waals surface area contributed by atoms with Gasteiger partial charge in [-0.1, -0.05) is 35.4 Å². The van der Waals surface area contributed by atoms with Crippen LogP contribution in [0.4, 0.5) is 4.79 Å². The van der Waals surface area contributed by atoms with Gasteiger partial charge in [-0.05, 0) is 44.7 Å². The quantitative estimate of drug-likeness (QED) is 0.373. The summed E-state index contributed by atoms with van der Waals surface area (Å²) < 4.78 is 11.0. The predicted octanol–water partition coefficient (Wildman–Crippen LogP) is 3.60. The van der Waals surface area contributed by atoms with E-state index in [1.807, 2.05) is 30.3 Å². The van der Waals surface area contributed by atoms with E-state index in [0.717, 1.165) is 5.56 Å². The van der Waals surface area contributed by atoms with Gasteiger partial charge in [0.2, 0.25) is 0 Å². The highest BCUT2D eigenvalue weighted by molar-refractivity contribution is 5.69. The minimum Gasteiger partial charge on any atom is -0.444 e. The average molecular weight is 362 g/mol.